The standard InChI is InChI=1S/C33H41N7O3/c1-9-22(4)43-32(42)24-19-34-33(37-31(24)25-20-40(8)28-14-12-11-13-23(25)28)36-26-18-27(35-30(41)10-2)29(17-21(26)3)39(7)16-15-38(5)6/h10-14,17-20,22H,2,9,15-16H2,1,3-8H3,(H,35,41)(H,34,36,37). The maximum Gasteiger partial charge on any atom is 0.342 e. The van der Waals surface area contributed by atoms with Crippen LogP contribution in [0.2, 0.25) is 0 Å². The fourth-order valence-electron chi connectivity index (χ4n) is 4.67. The molecule has 2 N–H and O–H groups in total. The summed E-state index contributed by atoms with van der Waals surface area (Å²) in [5, 5.41) is 7.21. The quantitative estimate of drug-likeness (QED) is 0.160. The predicted octanol–water partition coefficient (Wildman–Crippen LogP) is 5.76. The maximum absolute atomic E-state index is 13.3. The van der Waals surface area contributed by atoms with Crippen LogP contribution < -0.4 is 15.5 Å². The summed E-state index contributed by atoms with van der Waals surface area (Å²) < 4.78 is 7.68. The molecular formula is C33H41N7O3. The summed E-state index contributed by atoms with van der Waals surface area (Å²) in [4.78, 5) is 39.2. The molecule has 0 fully saturated rings. The van der Waals surface area contributed by atoms with E-state index in [9.17, 15) is 9.59 Å². The van der Waals surface area contributed by atoms with E-state index in [1.807, 2.05) is 96.1 Å². The van der Waals surface area contributed by atoms with Gasteiger partial charge in [0.2, 0.25) is 11.9 Å². The highest BCUT2D eigenvalue weighted by Gasteiger charge is 2.23. The third kappa shape index (κ3) is 7.21. The second-order valence-electron chi connectivity index (χ2n) is 11.0. The third-order valence-electron chi connectivity index (χ3n) is 7.37. The van der Waals surface area contributed by atoms with Crippen LogP contribution in [-0.2, 0) is 16.6 Å². The number of hydrogen-bond acceptors (Lipinski definition) is 8. The zero-order valence-corrected chi connectivity index (χ0v) is 26.1. The number of carbonyl (C=O) groups excluding carboxylic acids is 2. The van der Waals surface area contributed by atoms with Gasteiger partial charge in [0.25, 0.3) is 0 Å². The average Bonchev–Trinajstić information content (AvgIpc) is 3.33. The SMILES string of the molecule is C=CC(=O)Nc1cc(Nc2ncc(C(=O)OC(C)CC)c(-c3cn(C)c4ccccc34)n2)c(C)cc1N(C)CCN(C)C. The molecule has 226 valence electrons. The highest BCUT2D eigenvalue weighted by molar-refractivity contribution is 6.03. The molecule has 0 saturated carbocycles. The summed E-state index contributed by atoms with van der Waals surface area (Å²) in [7, 11) is 8.00. The number of hydrogen-bond donors (Lipinski definition) is 2. The molecule has 2 heterocycles. The number of nitrogens with zero attached hydrogens (tertiary/aromatic N) is 5. The summed E-state index contributed by atoms with van der Waals surface area (Å²) >= 11 is 0. The van der Waals surface area contributed by atoms with E-state index < -0.39 is 5.97 Å². The van der Waals surface area contributed by atoms with Crippen molar-refractivity contribution in [3.8, 4) is 11.3 Å². The first kappa shape index (κ1) is 31.2. The van der Waals surface area contributed by atoms with E-state index in [1.165, 1.54) is 12.3 Å². The number of ether oxygens (including phenoxy) is 1. The van der Waals surface area contributed by atoms with Crippen molar-refractivity contribution in [1.82, 2.24) is 19.4 Å². The number of para-hydroxylation sites is 1. The molecule has 1 atom stereocenters. The molecule has 4 aromatic rings. The molecule has 0 bridgehead atoms. The summed E-state index contributed by atoms with van der Waals surface area (Å²) in [6, 6.07) is 11.8. The predicted molar refractivity (Wildman–Crippen MR) is 174 cm³/mol. The zero-order valence-electron chi connectivity index (χ0n) is 26.1. The highest BCUT2D eigenvalue weighted by Crippen LogP contribution is 2.35. The minimum absolute atomic E-state index is 0.244. The van der Waals surface area contributed by atoms with Crippen molar-refractivity contribution in [3.63, 3.8) is 0 Å². The molecule has 0 aliphatic heterocycles. The normalized spacial score (nSPS) is 11.8. The van der Waals surface area contributed by atoms with Gasteiger partial charge in [0.05, 0.1) is 23.2 Å². The Bertz CT molecular complexity index is 1640. The van der Waals surface area contributed by atoms with Crippen LogP contribution >= 0.6 is 0 Å². The molecule has 2 aromatic carbocycles. The Morgan fingerprint density at radius 2 is 1.88 bits per heavy atom. The molecule has 4 rings (SSSR count). The van der Waals surface area contributed by atoms with Gasteiger partial charge in [-0.3, -0.25) is 4.79 Å². The number of fused-ring (bicyclic) bond motifs is 1. The number of carbonyl (C=O) groups is 2. The molecule has 10 heteroatoms. The Kier molecular flexibility index (Phi) is 9.82. The fraction of sp³-hybridized carbons (Fsp3) is 0.333. The van der Waals surface area contributed by atoms with Crippen LogP contribution in [0.4, 0.5) is 23.0 Å². The lowest BCUT2D eigenvalue weighted by Gasteiger charge is -2.25. The second kappa shape index (κ2) is 13.5. The number of aromatic nitrogens is 3. The smallest absolute Gasteiger partial charge is 0.342 e. The average molecular weight is 584 g/mol. The topological polar surface area (TPSA) is 105 Å². The third-order valence-corrected chi connectivity index (χ3v) is 7.37. The first-order valence-corrected chi connectivity index (χ1v) is 14.4. The van der Waals surface area contributed by atoms with Crippen molar-refractivity contribution in [2.24, 2.45) is 7.05 Å². The molecule has 43 heavy (non-hydrogen) atoms. The van der Waals surface area contributed by atoms with E-state index in [0.717, 1.165) is 40.8 Å². The van der Waals surface area contributed by atoms with Gasteiger partial charge in [-0.15, -0.1) is 0 Å². The number of anilines is 4. The van der Waals surface area contributed by atoms with Gasteiger partial charge in [-0.25, -0.2) is 14.8 Å². The van der Waals surface area contributed by atoms with Gasteiger partial charge >= 0.3 is 5.97 Å². The lowest BCUT2D eigenvalue weighted by molar-refractivity contribution is -0.111. The lowest BCUT2D eigenvalue weighted by Crippen LogP contribution is -2.29. The van der Waals surface area contributed by atoms with Crippen LogP contribution in [0.5, 0.6) is 0 Å². The summed E-state index contributed by atoms with van der Waals surface area (Å²) in [6.45, 7) is 11.0. The van der Waals surface area contributed by atoms with E-state index in [4.69, 9.17) is 9.72 Å². The number of rotatable bonds is 12. The molecule has 1 amide bonds. The Hall–Kier alpha value is -4.70. The van der Waals surface area contributed by atoms with Gasteiger partial charge in [-0.2, -0.15) is 0 Å². The van der Waals surface area contributed by atoms with Crippen molar-refractivity contribution in [2.75, 3.05) is 49.8 Å². The van der Waals surface area contributed by atoms with E-state index in [-0.39, 0.29) is 17.6 Å². The number of aryl methyl sites for hydroxylation is 2. The van der Waals surface area contributed by atoms with Gasteiger partial charge in [0.1, 0.15) is 5.56 Å². The van der Waals surface area contributed by atoms with Gasteiger partial charge in [0, 0.05) is 61.7 Å². The van der Waals surface area contributed by atoms with Crippen LogP contribution in [0.1, 0.15) is 36.2 Å². The maximum atomic E-state index is 13.3. The molecule has 10 nitrogen and oxygen atoms in total. The van der Waals surface area contributed by atoms with E-state index >= 15 is 0 Å². The summed E-state index contributed by atoms with van der Waals surface area (Å²) in [5.74, 6) is -0.476. The van der Waals surface area contributed by atoms with E-state index in [2.05, 4.69) is 32.0 Å². The van der Waals surface area contributed by atoms with Crippen molar-refractivity contribution < 1.29 is 14.3 Å². The molecule has 1 unspecified atom stereocenters. The van der Waals surface area contributed by atoms with Crippen LogP contribution in [0.15, 0.2) is 61.4 Å². The van der Waals surface area contributed by atoms with Gasteiger partial charge in [0.15, 0.2) is 0 Å². The molecule has 0 saturated heterocycles. The number of nitrogens with one attached hydrogen (secondary N) is 2. The van der Waals surface area contributed by atoms with Crippen LogP contribution in [-0.4, -0.2) is 71.6 Å². The second-order valence-corrected chi connectivity index (χ2v) is 11.0. The fourth-order valence-corrected chi connectivity index (χ4v) is 4.67. The van der Waals surface area contributed by atoms with E-state index in [0.29, 0.717) is 29.4 Å². The molecule has 0 spiro atoms. The Morgan fingerprint density at radius 3 is 2.58 bits per heavy atom. The molecule has 0 aliphatic carbocycles. The monoisotopic (exact) mass is 583 g/mol. The molecule has 0 radical (unpaired) electrons. The Morgan fingerprint density at radius 1 is 1.14 bits per heavy atom. The number of likely N-dealkylation sites (N-methyl/N-ethyl adjacent to an activating group) is 2. The summed E-state index contributed by atoms with van der Waals surface area (Å²) in [6.07, 6.45) is 5.17. The largest absolute Gasteiger partial charge is 0.459 e. The van der Waals surface area contributed by atoms with Gasteiger partial charge in [-0.1, -0.05) is 31.7 Å². The highest BCUT2D eigenvalue weighted by atomic mass is 16.5. The molecular weight excluding hydrogens is 542 g/mol. The van der Waals surface area contributed by atoms with Crippen LogP contribution in [0.3, 0.4) is 0 Å². The van der Waals surface area contributed by atoms with Crippen molar-refractivity contribution in [1.29, 1.82) is 0 Å². The van der Waals surface area contributed by atoms with Crippen LogP contribution in [0, 0.1) is 6.92 Å². The lowest BCUT2D eigenvalue weighted by atomic mass is 10.1. The van der Waals surface area contributed by atoms with Crippen molar-refractivity contribution >= 4 is 45.8 Å². The van der Waals surface area contributed by atoms with Gasteiger partial charge in [-0.05, 0) is 64.2 Å². The van der Waals surface area contributed by atoms with Gasteiger partial charge < -0.3 is 29.7 Å². The minimum atomic E-state index is -0.473. The van der Waals surface area contributed by atoms with Crippen molar-refractivity contribution in [3.05, 3.63) is 72.6 Å². The van der Waals surface area contributed by atoms with Crippen LogP contribution in [0.25, 0.3) is 22.2 Å². The number of amides is 1. The Labute approximate surface area is 253 Å². The summed E-state index contributed by atoms with van der Waals surface area (Å²) in [5.41, 5.74) is 5.72. The molecule has 0 aliphatic rings. The number of benzene rings is 2. The first-order chi connectivity index (χ1) is 20.5. The Balaban J connectivity index is 1.79. The zero-order chi connectivity index (χ0) is 31.3. The first-order valence-electron chi connectivity index (χ1n) is 14.4. The minimum Gasteiger partial charge on any atom is -0.459 e. The molecule has 2 aromatic heterocycles. The van der Waals surface area contributed by atoms with Crippen molar-refractivity contribution in [2.45, 2.75) is 33.3 Å². The van der Waals surface area contributed by atoms with E-state index in [1.54, 1.807) is 0 Å². The number of esters is 1.